The van der Waals surface area contributed by atoms with Crippen molar-refractivity contribution in [1.82, 2.24) is 5.32 Å². The Kier molecular flexibility index (Phi) is 5.89. The van der Waals surface area contributed by atoms with E-state index in [4.69, 9.17) is 0 Å². The second-order valence-electron chi connectivity index (χ2n) is 5.29. The van der Waals surface area contributed by atoms with Crippen molar-refractivity contribution in [1.29, 1.82) is 0 Å². The number of nitrogens with one attached hydrogen (secondary N) is 1. The first kappa shape index (κ1) is 16.4. The number of halogens is 2. The van der Waals surface area contributed by atoms with Gasteiger partial charge in [0.2, 0.25) is 5.91 Å². The predicted molar refractivity (Wildman–Crippen MR) is 78.5 cm³/mol. The number of carbonyl (C=O) groups excluding carboxylic acids is 1. The molecule has 120 valence electrons. The number of aliphatic hydroxyl groups is 1. The molecule has 0 spiro atoms. The molecule has 0 radical (unpaired) electrons. The van der Waals surface area contributed by atoms with E-state index in [0.29, 0.717) is 12.8 Å². The molecular formula is C16H19F2NO3. The molecule has 0 saturated heterocycles. The van der Waals surface area contributed by atoms with Gasteiger partial charge in [0.25, 0.3) is 0 Å². The second-order valence-corrected chi connectivity index (χ2v) is 5.29. The third-order valence-electron chi connectivity index (χ3n) is 3.58. The number of hydrogen-bond donors (Lipinski definition) is 2. The molecule has 0 unspecified atom stereocenters. The van der Waals surface area contributed by atoms with Crippen molar-refractivity contribution >= 4 is 12.0 Å². The molecule has 0 aromatic heterocycles. The van der Waals surface area contributed by atoms with E-state index < -0.39 is 6.61 Å². The van der Waals surface area contributed by atoms with Crippen LogP contribution < -0.4 is 10.1 Å². The lowest BCUT2D eigenvalue weighted by Gasteiger charge is -2.25. The lowest BCUT2D eigenvalue weighted by Crippen LogP contribution is -2.37. The highest BCUT2D eigenvalue weighted by molar-refractivity contribution is 5.91. The molecule has 1 fully saturated rings. The monoisotopic (exact) mass is 311 g/mol. The van der Waals surface area contributed by atoms with Gasteiger partial charge in [-0.1, -0.05) is 12.1 Å². The molecule has 0 heterocycles. The highest BCUT2D eigenvalue weighted by Gasteiger charge is 2.19. The Morgan fingerprint density at radius 3 is 2.45 bits per heavy atom. The first-order valence-electron chi connectivity index (χ1n) is 7.24. The number of hydrogen-bond acceptors (Lipinski definition) is 3. The van der Waals surface area contributed by atoms with Crippen LogP contribution in [0.15, 0.2) is 30.3 Å². The molecule has 1 aliphatic carbocycles. The topological polar surface area (TPSA) is 58.6 Å². The number of amides is 1. The molecule has 0 atom stereocenters. The molecule has 0 aliphatic heterocycles. The van der Waals surface area contributed by atoms with E-state index in [0.717, 1.165) is 18.4 Å². The average molecular weight is 311 g/mol. The van der Waals surface area contributed by atoms with E-state index >= 15 is 0 Å². The Hall–Kier alpha value is -1.95. The van der Waals surface area contributed by atoms with Crippen LogP contribution in [0.2, 0.25) is 0 Å². The van der Waals surface area contributed by atoms with Crippen LogP contribution in [-0.2, 0) is 4.79 Å². The average Bonchev–Trinajstić information content (AvgIpc) is 2.48. The SMILES string of the molecule is O=C(/C=C/c1ccc(OC(F)F)cc1)NC1CCC(O)CC1. The van der Waals surface area contributed by atoms with Crippen molar-refractivity contribution in [2.45, 2.75) is 44.4 Å². The van der Waals surface area contributed by atoms with Gasteiger partial charge in [-0.2, -0.15) is 8.78 Å². The van der Waals surface area contributed by atoms with Crippen LogP contribution in [0.1, 0.15) is 31.2 Å². The van der Waals surface area contributed by atoms with E-state index in [1.807, 2.05) is 0 Å². The van der Waals surface area contributed by atoms with Gasteiger partial charge in [-0.15, -0.1) is 0 Å². The number of benzene rings is 1. The van der Waals surface area contributed by atoms with Crippen molar-refractivity contribution in [2.75, 3.05) is 0 Å². The summed E-state index contributed by atoms with van der Waals surface area (Å²) in [6, 6.07) is 6.14. The van der Waals surface area contributed by atoms with Crippen LogP contribution >= 0.6 is 0 Å². The van der Waals surface area contributed by atoms with Gasteiger partial charge < -0.3 is 15.2 Å². The number of carbonyl (C=O) groups is 1. The van der Waals surface area contributed by atoms with Crippen molar-refractivity contribution in [3.8, 4) is 5.75 Å². The quantitative estimate of drug-likeness (QED) is 0.822. The van der Waals surface area contributed by atoms with Crippen LogP contribution in [0.4, 0.5) is 8.78 Å². The fourth-order valence-electron chi connectivity index (χ4n) is 2.40. The molecule has 2 N–H and O–H groups in total. The van der Waals surface area contributed by atoms with Crippen LogP contribution in [-0.4, -0.2) is 29.8 Å². The molecule has 1 aromatic rings. The number of aliphatic hydroxyl groups excluding tert-OH is 1. The van der Waals surface area contributed by atoms with Crippen LogP contribution in [0.25, 0.3) is 6.08 Å². The summed E-state index contributed by atoms with van der Waals surface area (Å²) < 4.78 is 28.3. The minimum absolute atomic E-state index is 0.0809. The number of rotatable bonds is 5. The Morgan fingerprint density at radius 1 is 1.23 bits per heavy atom. The van der Waals surface area contributed by atoms with Gasteiger partial charge in [-0.25, -0.2) is 0 Å². The predicted octanol–water partition coefficient (Wildman–Crippen LogP) is 2.72. The van der Waals surface area contributed by atoms with E-state index in [2.05, 4.69) is 10.1 Å². The zero-order chi connectivity index (χ0) is 15.9. The third-order valence-corrected chi connectivity index (χ3v) is 3.58. The highest BCUT2D eigenvalue weighted by atomic mass is 19.3. The van der Waals surface area contributed by atoms with Crippen molar-refractivity contribution < 1.29 is 23.4 Å². The van der Waals surface area contributed by atoms with Crippen molar-refractivity contribution in [3.05, 3.63) is 35.9 Å². The molecule has 4 nitrogen and oxygen atoms in total. The number of alkyl halides is 2. The summed E-state index contributed by atoms with van der Waals surface area (Å²) in [7, 11) is 0. The molecule has 0 bridgehead atoms. The van der Waals surface area contributed by atoms with E-state index in [1.54, 1.807) is 18.2 Å². The third kappa shape index (κ3) is 5.44. The lowest BCUT2D eigenvalue weighted by molar-refractivity contribution is -0.117. The van der Waals surface area contributed by atoms with Gasteiger partial charge in [0.15, 0.2) is 0 Å². The van der Waals surface area contributed by atoms with Crippen LogP contribution in [0, 0.1) is 0 Å². The first-order valence-corrected chi connectivity index (χ1v) is 7.24. The summed E-state index contributed by atoms with van der Waals surface area (Å²) in [5, 5.41) is 12.3. The second kappa shape index (κ2) is 7.89. The Balaban J connectivity index is 1.81. The fourth-order valence-corrected chi connectivity index (χ4v) is 2.40. The van der Waals surface area contributed by atoms with Gasteiger partial charge in [0.1, 0.15) is 5.75 Å². The van der Waals surface area contributed by atoms with Gasteiger partial charge in [-0.3, -0.25) is 4.79 Å². The maximum Gasteiger partial charge on any atom is 0.387 e. The summed E-state index contributed by atoms with van der Waals surface area (Å²) in [6.07, 6.45) is 5.74. The molecule has 1 aromatic carbocycles. The Labute approximate surface area is 127 Å². The zero-order valence-corrected chi connectivity index (χ0v) is 12.0. The van der Waals surface area contributed by atoms with Crippen LogP contribution in [0.3, 0.4) is 0 Å². The van der Waals surface area contributed by atoms with Gasteiger partial charge in [0.05, 0.1) is 6.10 Å². The van der Waals surface area contributed by atoms with Gasteiger partial charge >= 0.3 is 6.61 Å². The molecule has 1 saturated carbocycles. The zero-order valence-electron chi connectivity index (χ0n) is 12.0. The van der Waals surface area contributed by atoms with Gasteiger partial charge in [-0.05, 0) is 49.5 Å². The minimum Gasteiger partial charge on any atom is -0.435 e. The maximum absolute atomic E-state index is 12.0. The summed E-state index contributed by atoms with van der Waals surface area (Å²) in [5.74, 6) is -0.119. The largest absolute Gasteiger partial charge is 0.435 e. The summed E-state index contributed by atoms with van der Waals surface area (Å²) in [4.78, 5) is 11.8. The Bertz CT molecular complexity index is 509. The Morgan fingerprint density at radius 2 is 1.86 bits per heavy atom. The summed E-state index contributed by atoms with van der Waals surface area (Å²) in [5.41, 5.74) is 0.718. The number of ether oxygens (including phenoxy) is 1. The van der Waals surface area contributed by atoms with Gasteiger partial charge in [0, 0.05) is 12.1 Å². The molecule has 6 heteroatoms. The van der Waals surface area contributed by atoms with Crippen molar-refractivity contribution in [3.63, 3.8) is 0 Å². The molecule has 1 amide bonds. The van der Waals surface area contributed by atoms with Crippen LogP contribution in [0.5, 0.6) is 5.75 Å². The smallest absolute Gasteiger partial charge is 0.387 e. The molecule has 22 heavy (non-hydrogen) atoms. The summed E-state index contributed by atoms with van der Waals surface area (Å²) >= 11 is 0. The van der Waals surface area contributed by atoms with Crippen molar-refractivity contribution in [2.24, 2.45) is 0 Å². The normalized spacial score (nSPS) is 22.0. The summed E-state index contributed by atoms with van der Waals surface area (Å²) in [6.45, 7) is -2.85. The van der Waals surface area contributed by atoms with E-state index in [9.17, 15) is 18.7 Å². The molecule has 2 rings (SSSR count). The van der Waals surface area contributed by atoms with E-state index in [1.165, 1.54) is 18.2 Å². The standard InChI is InChI=1S/C16H19F2NO3/c17-16(18)22-14-8-1-11(2-9-14)3-10-15(21)19-12-4-6-13(20)7-5-12/h1-3,8-10,12-13,16,20H,4-7H2,(H,19,21)/b10-3+. The molecular weight excluding hydrogens is 292 g/mol. The van der Waals surface area contributed by atoms with E-state index in [-0.39, 0.29) is 23.8 Å². The highest BCUT2D eigenvalue weighted by Crippen LogP contribution is 2.18. The minimum atomic E-state index is -2.85. The maximum atomic E-state index is 12.0. The lowest BCUT2D eigenvalue weighted by atomic mass is 9.93. The molecule has 1 aliphatic rings. The first-order chi connectivity index (χ1) is 10.5. The fraction of sp³-hybridized carbons (Fsp3) is 0.438.